The van der Waals surface area contributed by atoms with E-state index in [0.29, 0.717) is 42.6 Å². The Kier molecular flexibility index (Phi) is 8.75. The molecule has 1 aromatic heterocycles. The highest BCUT2D eigenvalue weighted by molar-refractivity contribution is 6.01. The summed E-state index contributed by atoms with van der Waals surface area (Å²) in [4.78, 5) is 12.4. The summed E-state index contributed by atoms with van der Waals surface area (Å²) in [5, 5.41) is 12.1. The van der Waals surface area contributed by atoms with Crippen LogP contribution in [0.25, 0.3) is 6.08 Å². The molecule has 176 valence electrons. The lowest BCUT2D eigenvalue weighted by Crippen LogP contribution is -2.23. The molecule has 0 radical (unpaired) electrons. The van der Waals surface area contributed by atoms with Gasteiger partial charge < -0.3 is 23.9 Å². The second kappa shape index (κ2) is 12.2. The Morgan fingerprint density at radius 1 is 1.03 bits per heavy atom. The summed E-state index contributed by atoms with van der Waals surface area (Å²) in [6, 6.07) is 16.7. The number of furan rings is 1. The molecule has 0 aliphatic carbocycles. The highest BCUT2D eigenvalue weighted by Gasteiger charge is 2.12. The van der Waals surface area contributed by atoms with Gasteiger partial charge in [-0.15, -0.1) is 0 Å². The van der Waals surface area contributed by atoms with Crippen molar-refractivity contribution in [3.05, 3.63) is 82.8 Å². The van der Waals surface area contributed by atoms with Crippen LogP contribution in [0.2, 0.25) is 0 Å². The number of nitrogens with one attached hydrogen (secondary N) is 1. The molecule has 0 aliphatic heterocycles. The maximum atomic E-state index is 12.4. The van der Waals surface area contributed by atoms with Crippen molar-refractivity contribution in [2.75, 3.05) is 19.8 Å². The molecule has 0 spiro atoms. The molecule has 1 N–H and O–H groups in total. The second-order valence-corrected chi connectivity index (χ2v) is 7.59. The number of amides is 1. The number of hydrogen-bond donors (Lipinski definition) is 1. The van der Waals surface area contributed by atoms with Crippen molar-refractivity contribution in [1.82, 2.24) is 5.32 Å². The SMILES string of the molecule is CCOc1cc(/C=C(\C#N)C(=O)NCc2ccco2)ccc1OCCOc1cc(C)cc(C)c1. The molecule has 0 bridgehead atoms. The molecule has 0 saturated heterocycles. The summed E-state index contributed by atoms with van der Waals surface area (Å²) < 4.78 is 22.6. The highest BCUT2D eigenvalue weighted by Crippen LogP contribution is 2.29. The summed E-state index contributed by atoms with van der Waals surface area (Å²) >= 11 is 0. The number of carbonyl (C=O) groups is 1. The van der Waals surface area contributed by atoms with Gasteiger partial charge in [0.2, 0.25) is 0 Å². The van der Waals surface area contributed by atoms with Crippen LogP contribution in [0.3, 0.4) is 0 Å². The van der Waals surface area contributed by atoms with Gasteiger partial charge in [-0.2, -0.15) is 5.26 Å². The first-order valence-corrected chi connectivity index (χ1v) is 11.0. The zero-order valence-electron chi connectivity index (χ0n) is 19.6. The van der Waals surface area contributed by atoms with Crippen molar-refractivity contribution >= 4 is 12.0 Å². The molecule has 0 saturated carbocycles. The molecule has 0 aliphatic rings. The fraction of sp³-hybridized carbons (Fsp3) is 0.259. The Hall–Kier alpha value is -4.18. The van der Waals surface area contributed by atoms with Gasteiger partial charge in [0.25, 0.3) is 5.91 Å². The van der Waals surface area contributed by atoms with Gasteiger partial charge in [0.1, 0.15) is 36.4 Å². The molecule has 1 amide bonds. The van der Waals surface area contributed by atoms with E-state index in [1.807, 2.05) is 39.0 Å². The fourth-order valence-corrected chi connectivity index (χ4v) is 3.32. The van der Waals surface area contributed by atoms with E-state index in [9.17, 15) is 10.1 Å². The lowest BCUT2D eigenvalue weighted by atomic mass is 10.1. The van der Waals surface area contributed by atoms with E-state index in [2.05, 4.69) is 11.4 Å². The first-order chi connectivity index (χ1) is 16.5. The van der Waals surface area contributed by atoms with Crippen LogP contribution < -0.4 is 19.5 Å². The third kappa shape index (κ3) is 7.17. The Bertz CT molecular complexity index is 1160. The summed E-state index contributed by atoms with van der Waals surface area (Å²) in [7, 11) is 0. The quantitative estimate of drug-likeness (QED) is 0.247. The molecule has 0 atom stereocenters. The van der Waals surface area contributed by atoms with Crippen LogP contribution >= 0.6 is 0 Å². The molecule has 0 unspecified atom stereocenters. The largest absolute Gasteiger partial charge is 0.490 e. The molecule has 3 rings (SSSR count). The van der Waals surface area contributed by atoms with Crippen molar-refractivity contribution in [3.63, 3.8) is 0 Å². The molecule has 2 aromatic carbocycles. The van der Waals surface area contributed by atoms with Gasteiger partial charge in [-0.3, -0.25) is 4.79 Å². The zero-order chi connectivity index (χ0) is 24.3. The second-order valence-electron chi connectivity index (χ2n) is 7.59. The Labute approximate surface area is 199 Å². The smallest absolute Gasteiger partial charge is 0.262 e. The number of aryl methyl sites for hydroxylation is 2. The van der Waals surface area contributed by atoms with Crippen molar-refractivity contribution < 1.29 is 23.4 Å². The number of hydrogen-bond acceptors (Lipinski definition) is 6. The lowest BCUT2D eigenvalue weighted by molar-refractivity contribution is -0.117. The average molecular weight is 461 g/mol. The van der Waals surface area contributed by atoms with Gasteiger partial charge in [-0.1, -0.05) is 12.1 Å². The number of carbonyl (C=O) groups excluding carboxylic acids is 1. The minimum Gasteiger partial charge on any atom is -0.490 e. The van der Waals surface area contributed by atoms with E-state index in [1.165, 1.54) is 12.3 Å². The normalized spacial score (nSPS) is 10.9. The topological polar surface area (TPSA) is 93.7 Å². The first kappa shape index (κ1) is 24.5. The summed E-state index contributed by atoms with van der Waals surface area (Å²) in [5.74, 6) is 2.01. The zero-order valence-corrected chi connectivity index (χ0v) is 19.6. The van der Waals surface area contributed by atoms with Crippen LogP contribution in [0.4, 0.5) is 0 Å². The van der Waals surface area contributed by atoms with Crippen LogP contribution in [0, 0.1) is 25.2 Å². The third-order valence-electron chi connectivity index (χ3n) is 4.75. The van der Waals surface area contributed by atoms with E-state index < -0.39 is 5.91 Å². The van der Waals surface area contributed by atoms with Crippen molar-refractivity contribution in [2.45, 2.75) is 27.3 Å². The van der Waals surface area contributed by atoms with Gasteiger partial charge in [-0.25, -0.2) is 0 Å². The van der Waals surface area contributed by atoms with E-state index in [0.717, 1.165) is 16.9 Å². The van der Waals surface area contributed by atoms with Gasteiger partial charge in [0.05, 0.1) is 19.4 Å². The van der Waals surface area contributed by atoms with Crippen LogP contribution in [0.5, 0.6) is 17.2 Å². The van der Waals surface area contributed by atoms with Crippen LogP contribution in [-0.4, -0.2) is 25.7 Å². The molecule has 0 fully saturated rings. The molecule has 7 heteroatoms. The molecular formula is C27H28N2O5. The predicted octanol–water partition coefficient (Wildman–Crippen LogP) is 4.98. The maximum Gasteiger partial charge on any atom is 0.262 e. The van der Waals surface area contributed by atoms with E-state index >= 15 is 0 Å². The average Bonchev–Trinajstić information content (AvgIpc) is 3.33. The minimum absolute atomic E-state index is 0.0236. The Morgan fingerprint density at radius 3 is 2.47 bits per heavy atom. The third-order valence-corrected chi connectivity index (χ3v) is 4.75. The van der Waals surface area contributed by atoms with E-state index in [4.69, 9.17) is 18.6 Å². The number of nitrogens with zero attached hydrogens (tertiary/aromatic N) is 1. The van der Waals surface area contributed by atoms with Gasteiger partial charge in [-0.05, 0) is 79.9 Å². The van der Waals surface area contributed by atoms with Crippen molar-refractivity contribution in [3.8, 4) is 23.3 Å². The van der Waals surface area contributed by atoms with Gasteiger partial charge >= 0.3 is 0 Å². The maximum absolute atomic E-state index is 12.4. The lowest BCUT2D eigenvalue weighted by Gasteiger charge is -2.14. The summed E-state index contributed by atoms with van der Waals surface area (Å²) in [6.45, 7) is 7.29. The number of ether oxygens (including phenoxy) is 3. The number of nitriles is 1. The molecule has 1 heterocycles. The Balaban J connectivity index is 1.62. The van der Waals surface area contributed by atoms with Crippen LogP contribution in [-0.2, 0) is 11.3 Å². The molecule has 7 nitrogen and oxygen atoms in total. The summed E-state index contributed by atoms with van der Waals surface area (Å²) in [6.07, 6.45) is 3.03. The highest BCUT2D eigenvalue weighted by atomic mass is 16.5. The summed E-state index contributed by atoms with van der Waals surface area (Å²) in [5.41, 5.74) is 2.91. The fourth-order valence-electron chi connectivity index (χ4n) is 3.32. The number of rotatable bonds is 11. The molecule has 3 aromatic rings. The number of benzene rings is 2. The van der Waals surface area contributed by atoms with E-state index in [1.54, 1.807) is 30.3 Å². The molecular weight excluding hydrogens is 432 g/mol. The van der Waals surface area contributed by atoms with Crippen LogP contribution in [0.15, 0.2) is 64.8 Å². The van der Waals surface area contributed by atoms with Crippen LogP contribution in [0.1, 0.15) is 29.4 Å². The first-order valence-electron chi connectivity index (χ1n) is 11.0. The monoisotopic (exact) mass is 460 g/mol. The van der Waals surface area contributed by atoms with E-state index in [-0.39, 0.29) is 12.1 Å². The van der Waals surface area contributed by atoms with Crippen molar-refractivity contribution in [1.29, 1.82) is 5.26 Å². The van der Waals surface area contributed by atoms with Crippen molar-refractivity contribution in [2.24, 2.45) is 0 Å². The van der Waals surface area contributed by atoms with Gasteiger partial charge in [0.15, 0.2) is 11.5 Å². The Morgan fingerprint density at radius 2 is 1.79 bits per heavy atom. The van der Waals surface area contributed by atoms with Gasteiger partial charge in [0, 0.05) is 0 Å². The standard InChI is InChI=1S/C27H28N2O5/c1-4-31-26-16-21(15-22(17-28)27(30)29-18-23-6-5-9-32-23)7-8-25(26)34-11-10-33-24-13-19(2)12-20(3)14-24/h5-9,12-16H,4,10-11,18H2,1-3H3,(H,29,30)/b22-15+. The molecule has 34 heavy (non-hydrogen) atoms. The minimum atomic E-state index is -0.485. The predicted molar refractivity (Wildman–Crippen MR) is 129 cm³/mol.